The molecular weight excluding hydrogens is 484 g/mol. The van der Waals surface area contributed by atoms with Gasteiger partial charge in [-0.05, 0) is 74.9 Å². The van der Waals surface area contributed by atoms with Crippen LogP contribution in [0.4, 0.5) is 11.4 Å². The Morgan fingerprint density at radius 3 is 2.39 bits per heavy atom. The van der Waals surface area contributed by atoms with Gasteiger partial charge in [-0.3, -0.25) is 14.4 Å². The Hall–Kier alpha value is -4.27. The van der Waals surface area contributed by atoms with E-state index >= 15 is 0 Å². The summed E-state index contributed by atoms with van der Waals surface area (Å²) in [5.41, 5.74) is 2.43. The lowest BCUT2D eigenvalue weighted by Gasteiger charge is -2.28. The number of furan rings is 1. The maximum atomic E-state index is 13.5. The fourth-order valence-corrected chi connectivity index (χ4v) is 4.62. The Balaban J connectivity index is 1.55. The van der Waals surface area contributed by atoms with Crippen LogP contribution >= 0.6 is 0 Å². The normalized spacial score (nSPS) is 13.6. The molecule has 0 saturated carbocycles. The van der Waals surface area contributed by atoms with Crippen molar-refractivity contribution in [3.8, 4) is 5.75 Å². The summed E-state index contributed by atoms with van der Waals surface area (Å²) in [6, 6.07) is 15.7. The quantitative estimate of drug-likeness (QED) is 0.476. The molecule has 9 nitrogen and oxygen atoms in total. The van der Waals surface area contributed by atoms with Crippen molar-refractivity contribution in [3.05, 3.63) is 77.7 Å². The molecule has 1 aliphatic heterocycles. The van der Waals surface area contributed by atoms with Crippen LogP contribution in [-0.4, -0.2) is 73.9 Å². The van der Waals surface area contributed by atoms with Crippen molar-refractivity contribution in [2.45, 2.75) is 20.3 Å². The van der Waals surface area contributed by atoms with Crippen LogP contribution < -0.4 is 15.0 Å². The molecule has 1 aromatic heterocycles. The lowest BCUT2D eigenvalue weighted by Crippen LogP contribution is -2.36. The molecule has 9 heteroatoms. The van der Waals surface area contributed by atoms with E-state index in [1.165, 1.54) is 6.26 Å². The summed E-state index contributed by atoms with van der Waals surface area (Å²) in [6.07, 6.45) is 2.20. The third-order valence-corrected chi connectivity index (χ3v) is 6.74. The summed E-state index contributed by atoms with van der Waals surface area (Å²) in [5.74, 6) is 0.392. The molecule has 1 N–H and O–H groups in total. The number of nitrogens with zero attached hydrogens (tertiary/aromatic N) is 3. The molecule has 0 bridgehead atoms. The Bertz CT molecular complexity index is 1250. The second-order valence-corrected chi connectivity index (χ2v) is 9.00. The van der Waals surface area contributed by atoms with Crippen LogP contribution in [0.25, 0.3) is 0 Å². The van der Waals surface area contributed by atoms with Gasteiger partial charge in [-0.1, -0.05) is 0 Å². The topological polar surface area (TPSA) is 95.3 Å². The van der Waals surface area contributed by atoms with Crippen molar-refractivity contribution in [1.29, 1.82) is 0 Å². The summed E-state index contributed by atoms with van der Waals surface area (Å²) in [5, 5.41) is 2.82. The predicted molar refractivity (Wildman–Crippen MR) is 146 cm³/mol. The SMILES string of the molecule is CCN(CC)C(=O)c1cc(NC(=O)c2ccco2)ccc1N1CCCN(C(=O)c2ccc(OC)cc2)CC1. The van der Waals surface area contributed by atoms with E-state index in [0.717, 1.165) is 12.1 Å². The van der Waals surface area contributed by atoms with Crippen molar-refractivity contribution >= 4 is 29.1 Å². The smallest absolute Gasteiger partial charge is 0.291 e. The van der Waals surface area contributed by atoms with Gasteiger partial charge < -0.3 is 29.2 Å². The van der Waals surface area contributed by atoms with E-state index in [-0.39, 0.29) is 23.5 Å². The van der Waals surface area contributed by atoms with Crippen molar-refractivity contribution in [3.63, 3.8) is 0 Å². The molecule has 0 radical (unpaired) electrons. The first-order valence-electron chi connectivity index (χ1n) is 12.9. The number of benzene rings is 2. The van der Waals surface area contributed by atoms with E-state index in [2.05, 4.69) is 10.2 Å². The summed E-state index contributed by atoms with van der Waals surface area (Å²) in [7, 11) is 1.60. The minimum absolute atomic E-state index is 0.0232. The molecule has 0 unspecified atom stereocenters. The van der Waals surface area contributed by atoms with Gasteiger partial charge in [-0.25, -0.2) is 0 Å². The van der Waals surface area contributed by atoms with Gasteiger partial charge in [-0.15, -0.1) is 0 Å². The average Bonchev–Trinajstić information content (AvgIpc) is 3.39. The Morgan fingerprint density at radius 1 is 0.974 bits per heavy atom. The fraction of sp³-hybridized carbons (Fsp3) is 0.345. The molecule has 3 amide bonds. The number of methoxy groups -OCH3 is 1. The van der Waals surface area contributed by atoms with Crippen LogP contribution in [0, 0.1) is 0 Å². The second kappa shape index (κ2) is 12.3. The number of carbonyl (C=O) groups is 3. The van der Waals surface area contributed by atoms with Crippen LogP contribution in [0.3, 0.4) is 0 Å². The molecule has 1 saturated heterocycles. The zero-order valence-electron chi connectivity index (χ0n) is 22.1. The molecule has 0 aliphatic carbocycles. The zero-order valence-corrected chi connectivity index (χ0v) is 22.1. The predicted octanol–water partition coefficient (Wildman–Crippen LogP) is 4.38. The standard InChI is InChI=1S/C29H34N4O5/c1-4-31(5-2)29(36)24-20-22(30-27(34)26-8-6-19-38-26)11-14-25(24)32-15-7-16-33(18-17-32)28(35)21-9-12-23(37-3)13-10-21/h6,8-14,19-20H,4-5,7,15-18H2,1-3H3,(H,30,34). The largest absolute Gasteiger partial charge is 0.497 e. The minimum atomic E-state index is -0.383. The van der Waals surface area contributed by atoms with Gasteiger partial charge in [0.25, 0.3) is 17.7 Å². The van der Waals surface area contributed by atoms with Gasteiger partial charge in [0.2, 0.25) is 0 Å². The lowest BCUT2D eigenvalue weighted by atomic mass is 10.1. The van der Waals surface area contributed by atoms with Gasteiger partial charge >= 0.3 is 0 Å². The van der Waals surface area contributed by atoms with Gasteiger partial charge in [0.1, 0.15) is 5.75 Å². The van der Waals surface area contributed by atoms with Crippen LogP contribution in [0.2, 0.25) is 0 Å². The summed E-state index contributed by atoms with van der Waals surface area (Å²) in [6.45, 7) is 7.46. The van der Waals surface area contributed by atoms with E-state index in [1.807, 2.05) is 24.8 Å². The summed E-state index contributed by atoms with van der Waals surface area (Å²) in [4.78, 5) is 45.0. The van der Waals surface area contributed by atoms with Crippen LogP contribution in [0.5, 0.6) is 5.75 Å². The summed E-state index contributed by atoms with van der Waals surface area (Å²) >= 11 is 0. The molecule has 38 heavy (non-hydrogen) atoms. The lowest BCUT2D eigenvalue weighted by molar-refractivity contribution is 0.0760. The van der Waals surface area contributed by atoms with Crippen LogP contribution in [0.15, 0.2) is 65.3 Å². The number of hydrogen-bond acceptors (Lipinski definition) is 6. The molecule has 0 spiro atoms. The fourth-order valence-electron chi connectivity index (χ4n) is 4.62. The van der Waals surface area contributed by atoms with E-state index in [9.17, 15) is 14.4 Å². The second-order valence-electron chi connectivity index (χ2n) is 9.00. The monoisotopic (exact) mass is 518 g/mol. The molecule has 1 aliphatic rings. The number of anilines is 2. The zero-order chi connectivity index (χ0) is 27.1. The molecular formula is C29H34N4O5. The molecule has 200 valence electrons. The molecule has 2 aromatic carbocycles. The highest BCUT2D eigenvalue weighted by atomic mass is 16.5. The number of nitrogens with one attached hydrogen (secondary N) is 1. The first-order valence-corrected chi connectivity index (χ1v) is 12.9. The Labute approximate surface area is 223 Å². The number of ether oxygens (including phenoxy) is 1. The number of carbonyl (C=O) groups excluding carboxylic acids is 3. The molecule has 0 atom stereocenters. The highest BCUT2D eigenvalue weighted by Crippen LogP contribution is 2.28. The van der Waals surface area contributed by atoms with Gasteiger partial charge in [0.15, 0.2) is 5.76 Å². The van der Waals surface area contributed by atoms with Crippen molar-refractivity contribution in [2.24, 2.45) is 0 Å². The summed E-state index contributed by atoms with van der Waals surface area (Å²) < 4.78 is 10.4. The Kier molecular flexibility index (Phi) is 8.68. The van der Waals surface area contributed by atoms with Gasteiger partial charge in [0, 0.05) is 56.2 Å². The molecule has 4 rings (SSSR count). The van der Waals surface area contributed by atoms with Crippen molar-refractivity contribution in [1.82, 2.24) is 9.80 Å². The maximum absolute atomic E-state index is 13.5. The van der Waals surface area contributed by atoms with Gasteiger partial charge in [-0.2, -0.15) is 0 Å². The molecule has 3 aromatic rings. The van der Waals surface area contributed by atoms with Crippen molar-refractivity contribution in [2.75, 3.05) is 56.6 Å². The third kappa shape index (κ3) is 5.99. The van der Waals surface area contributed by atoms with Gasteiger partial charge in [0.05, 0.1) is 18.9 Å². The van der Waals surface area contributed by atoms with E-state index < -0.39 is 0 Å². The number of hydrogen-bond donors (Lipinski definition) is 1. The molecule has 2 heterocycles. The first kappa shape index (κ1) is 26.8. The van der Waals surface area contributed by atoms with Crippen molar-refractivity contribution < 1.29 is 23.5 Å². The third-order valence-electron chi connectivity index (χ3n) is 6.74. The van der Waals surface area contributed by atoms with E-state index in [1.54, 1.807) is 60.5 Å². The van der Waals surface area contributed by atoms with E-state index in [4.69, 9.17) is 9.15 Å². The first-order chi connectivity index (χ1) is 18.4. The minimum Gasteiger partial charge on any atom is -0.497 e. The number of rotatable bonds is 8. The van der Waals surface area contributed by atoms with E-state index in [0.29, 0.717) is 61.8 Å². The number of amides is 3. The van der Waals surface area contributed by atoms with Crippen LogP contribution in [-0.2, 0) is 0 Å². The highest BCUT2D eigenvalue weighted by molar-refractivity contribution is 6.05. The Morgan fingerprint density at radius 2 is 1.74 bits per heavy atom. The maximum Gasteiger partial charge on any atom is 0.291 e. The van der Waals surface area contributed by atoms with Crippen LogP contribution in [0.1, 0.15) is 51.5 Å². The molecule has 1 fully saturated rings. The average molecular weight is 519 g/mol. The highest BCUT2D eigenvalue weighted by Gasteiger charge is 2.25.